The Morgan fingerprint density at radius 3 is 1.99 bits per heavy atom. The number of amides is 11. The van der Waals surface area contributed by atoms with Crippen LogP contribution in [0, 0.1) is 11.8 Å². The van der Waals surface area contributed by atoms with E-state index >= 15 is 0 Å². The molecule has 0 aliphatic carbocycles. The van der Waals surface area contributed by atoms with Crippen LogP contribution in [0.15, 0.2) is 24.3 Å². The quantitative estimate of drug-likeness (QED) is 0.0671. The monoisotopic (exact) mass is 1010 g/mol. The van der Waals surface area contributed by atoms with Crippen LogP contribution in [-0.4, -0.2) is 148 Å². The van der Waals surface area contributed by atoms with Crippen LogP contribution in [0.1, 0.15) is 78.2 Å². The zero-order valence-corrected chi connectivity index (χ0v) is 40.7. The van der Waals surface area contributed by atoms with Crippen molar-refractivity contribution in [1.29, 1.82) is 0 Å². The second kappa shape index (κ2) is 27.7. The molecule has 0 radical (unpaired) electrons. The molecular weight excluding hydrogens is 941 g/mol. The first-order valence-corrected chi connectivity index (χ1v) is 25.1. The average Bonchev–Trinajstić information content (AvgIpc) is 3.80. The summed E-state index contributed by atoms with van der Waals surface area (Å²) in [7, 11) is 2.05. The SMILES string of the molecule is CC[C@H](C)[C@@H]1NC(=O)[C@H](Cc2ccc(O)cc2)NC(=O)[C@@H](N)CSSC[C@@H](C(=O)N2CCC[C@H]2C(=O)N[C@H](C(=O)NCC(N)=O)[C@@H](C)CC)NC(=O)[C@H](CC(N)=O)NC(=O)[C@H](CCC(N)=O)NC1=O. The highest BCUT2D eigenvalue weighted by Gasteiger charge is 2.41. The van der Waals surface area contributed by atoms with Gasteiger partial charge in [0.15, 0.2) is 0 Å². The molecular formula is C43H66N12O12S2. The van der Waals surface area contributed by atoms with E-state index in [9.17, 15) is 57.8 Å². The topological polar surface area (TPSA) is 400 Å². The van der Waals surface area contributed by atoms with Gasteiger partial charge < -0.3 is 70.2 Å². The molecule has 1 aromatic carbocycles. The smallest absolute Gasteiger partial charge is 0.246 e. The number of nitrogens with one attached hydrogen (secondary N) is 7. The lowest BCUT2D eigenvalue weighted by Gasteiger charge is -2.31. The van der Waals surface area contributed by atoms with Crippen molar-refractivity contribution in [2.24, 2.45) is 34.8 Å². The second-order valence-electron chi connectivity index (χ2n) is 17.1. The van der Waals surface area contributed by atoms with Gasteiger partial charge in [-0.3, -0.25) is 52.7 Å². The van der Waals surface area contributed by atoms with Crippen molar-refractivity contribution in [1.82, 2.24) is 42.1 Å². The molecule has 0 spiro atoms. The van der Waals surface area contributed by atoms with Crippen molar-refractivity contribution >= 4 is 86.6 Å². The molecule has 0 saturated carbocycles. The first-order valence-electron chi connectivity index (χ1n) is 22.6. The summed E-state index contributed by atoms with van der Waals surface area (Å²) in [5.41, 5.74) is 22.9. The van der Waals surface area contributed by atoms with Gasteiger partial charge in [-0.1, -0.05) is 74.3 Å². The standard InChI is InChI=1S/C43H66N12O12S2/c1-5-21(3)34(41(65)48-18-33(47)59)54-40(64)30-8-7-15-55(30)43(67)29-20-69-68-19-25(44)36(60)50-27(16-23-9-11-24(56)12-10-23)39(63)53-35(22(4)6-2)42(66)49-26(13-14-31(45)57)37(61)51-28(17-32(46)58)38(62)52-29/h9-12,21-22,25-30,34-35,56H,5-8,13-20,44H2,1-4H3,(H2,45,57)(H2,46,58)(H2,47,59)(H,48,65)(H,49,66)(H,50,60)(H,51,61)(H,52,62)(H,53,63)(H,54,64)/t21-,22-,25-,26-,27-,28-,29-,30-,34-,35-/m0/s1. The van der Waals surface area contributed by atoms with E-state index in [1.54, 1.807) is 27.7 Å². The Labute approximate surface area is 407 Å². The van der Waals surface area contributed by atoms with Crippen LogP contribution in [0.3, 0.4) is 0 Å². The fourth-order valence-electron chi connectivity index (χ4n) is 7.31. The minimum atomic E-state index is -1.75. The van der Waals surface area contributed by atoms with E-state index in [2.05, 4.69) is 37.2 Å². The van der Waals surface area contributed by atoms with E-state index in [4.69, 9.17) is 22.9 Å². The Morgan fingerprint density at radius 1 is 0.768 bits per heavy atom. The maximum absolute atomic E-state index is 14.5. The normalized spacial score (nSPS) is 24.7. The molecule has 0 bridgehead atoms. The van der Waals surface area contributed by atoms with Crippen molar-refractivity contribution in [3.8, 4) is 5.75 Å². The molecule has 69 heavy (non-hydrogen) atoms. The molecule has 2 fully saturated rings. The number of nitrogens with two attached hydrogens (primary N) is 4. The van der Waals surface area contributed by atoms with Gasteiger partial charge in [0.2, 0.25) is 65.0 Å². The summed E-state index contributed by atoms with van der Waals surface area (Å²) in [5.74, 6) is -10.7. The summed E-state index contributed by atoms with van der Waals surface area (Å²) in [6.07, 6.45) is -0.421. The largest absolute Gasteiger partial charge is 0.508 e. The number of benzene rings is 1. The number of rotatable bonds is 17. The number of likely N-dealkylation sites (tertiary alicyclic amines) is 1. The van der Waals surface area contributed by atoms with Crippen molar-refractivity contribution in [3.05, 3.63) is 29.8 Å². The Morgan fingerprint density at radius 2 is 1.38 bits per heavy atom. The van der Waals surface area contributed by atoms with Gasteiger partial charge in [0.05, 0.1) is 19.0 Å². The number of aromatic hydroxyl groups is 1. The Kier molecular flexibility index (Phi) is 23.0. The molecule has 2 aliphatic heterocycles. The summed E-state index contributed by atoms with van der Waals surface area (Å²) in [6, 6.07) is -5.06. The van der Waals surface area contributed by atoms with Crippen LogP contribution in [0.4, 0.5) is 0 Å². The van der Waals surface area contributed by atoms with Crippen LogP contribution in [0.25, 0.3) is 0 Å². The number of primary amides is 3. The number of nitrogens with zero attached hydrogens (tertiary/aromatic N) is 1. The zero-order valence-electron chi connectivity index (χ0n) is 39.1. The number of hydrogen-bond donors (Lipinski definition) is 12. The van der Waals surface area contributed by atoms with Gasteiger partial charge in [-0.2, -0.15) is 0 Å². The Balaban J connectivity index is 2.06. The van der Waals surface area contributed by atoms with Gasteiger partial charge in [0.1, 0.15) is 48.0 Å². The Hall–Kier alpha value is -6.15. The lowest BCUT2D eigenvalue weighted by Crippen LogP contribution is -2.61. The van der Waals surface area contributed by atoms with E-state index in [0.717, 1.165) is 21.6 Å². The molecule has 16 N–H and O–H groups in total. The number of phenols is 1. The lowest BCUT2D eigenvalue weighted by atomic mass is 9.96. The lowest BCUT2D eigenvalue weighted by molar-refractivity contribution is -0.142. The number of carbonyl (C=O) groups is 11. The van der Waals surface area contributed by atoms with Gasteiger partial charge >= 0.3 is 0 Å². The third-order valence-corrected chi connectivity index (χ3v) is 14.2. The predicted molar refractivity (Wildman–Crippen MR) is 254 cm³/mol. The van der Waals surface area contributed by atoms with E-state index < -0.39 is 151 Å². The van der Waals surface area contributed by atoms with E-state index in [1.807, 2.05) is 0 Å². The molecule has 2 saturated heterocycles. The molecule has 24 nitrogen and oxygen atoms in total. The fourth-order valence-corrected chi connectivity index (χ4v) is 9.59. The molecule has 1 aromatic rings. The molecule has 11 amide bonds. The van der Waals surface area contributed by atoms with Crippen LogP contribution in [-0.2, 0) is 59.2 Å². The highest BCUT2D eigenvalue weighted by molar-refractivity contribution is 8.76. The predicted octanol–water partition coefficient (Wildman–Crippen LogP) is -3.61. The maximum Gasteiger partial charge on any atom is 0.246 e. The second-order valence-corrected chi connectivity index (χ2v) is 19.6. The zero-order chi connectivity index (χ0) is 51.5. The van der Waals surface area contributed by atoms with Crippen LogP contribution >= 0.6 is 21.6 Å². The number of carbonyl (C=O) groups excluding carboxylic acids is 11. The van der Waals surface area contributed by atoms with Gasteiger partial charge in [-0.15, -0.1) is 0 Å². The summed E-state index contributed by atoms with van der Waals surface area (Å²) in [5, 5.41) is 27.7. The van der Waals surface area contributed by atoms with E-state index in [1.165, 1.54) is 29.2 Å². The van der Waals surface area contributed by atoms with Crippen molar-refractivity contribution in [2.45, 2.75) is 127 Å². The minimum Gasteiger partial charge on any atom is -0.508 e. The molecule has 0 aromatic heterocycles. The first-order chi connectivity index (χ1) is 32.6. The molecule has 3 rings (SSSR count). The summed E-state index contributed by atoms with van der Waals surface area (Å²) >= 11 is 0. The van der Waals surface area contributed by atoms with Gasteiger partial charge in [0, 0.05) is 30.9 Å². The number of phenolic OH excluding ortho intramolecular Hbond substituents is 1. The molecule has 2 aliphatic rings. The van der Waals surface area contributed by atoms with Gasteiger partial charge in [-0.25, -0.2) is 0 Å². The highest BCUT2D eigenvalue weighted by atomic mass is 33.1. The summed E-state index contributed by atoms with van der Waals surface area (Å²) < 4.78 is 0. The first kappa shape index (κ1) is 57.2. The fraction of sp³-hybridized carbons (Fsp3) is 0.605. The van der Waals surface area contributed by atoms with Crippen LogP contribution < -0.4 is 60.2 Å². The molecule has 26 heteroatoms. The summed E-state index contributed by atoms with van der Waals surface area (Å²) in [6.45, 7) is 6.47. The number of hydrogen-bond acceptors (Lipinski definition) is 15. The molecule has 382 valence electrons. The van der Waals surface area contributed by atoms with Crippen LogP contribution in [0.2, 0.25) is 0 Å². The Bertz CT molecular complexity index is 2050. The van der Waals surface area contributed by atoms with Crippen molar-refractivity contribution in [3.63, 3.8) is 0 Å². The molecule has 10 atom stereocenters. The van der Waals surface area contributed by atoms with E-state index in [0.29, 0.717) is 24.8 Å². The van der Waals surface area contributed by atoms with Gasteiger partial charge in [0.25, 0.3) is 0 Å². The third-order valence-electron chi connectivity index (χ3n) is 11.7. The van der Waals surface area contributed by atoms with Gasteiger partial charge in [-0.05, 0) is 48.8 Å². The minimum absolute atomic E-state index is 0.0468. The average molecular weight is 1010 g/mol. The highest BCUT2D eigenvalue weighted by Crippen LogP contribution is 2.26. The van der Waals surface area contributed by atoms with Crippen molar-refractivity contribution < 1.29 is 57.8 Å². The maximum atomic E-state index is 14.5. The molecule has 0 unspecified atom stereocenters. The van der Waals surface area contributed by atoms with Crippen LogP contribution in [0.5, 0.6) is 5.75 Å². The summed E-state index contributed by atoms with van der Waals surface area (Å²) in [4.78, 5) is 148. The molecule has 2 heterocycles. The van der Waals surface area contributed by atoms with E-state index in [-0.39, 0.29) is 36.6 Å². The third kappa shape index (κ3) is 18.0. The van der Waals surface area contributed by atoms with Crippen molar-refractivity contribution in [2.75, 3.05) is 24.6 Å².